The molecule has 144 valence electrons. The Morgan fingerprint density at radius 2 is 1.82 bits per heavy atom. The Morgan fingerprint density at radius 3 is 2.54 bits per heavy atom. The van der Waals surface area contributed by atoms with Gasteiger partial charge in [-0.15, -0.1) is 0 Å². The minimum absolute atomic E-state index is 0.0164. The SMILES string of the molecule is CC(C)(C)OC(=O)n1nccc1-c1cccc(NC(=O)c2cccc(O)c2)c1. The van der Waals surface area contributed by atoms with E-state index in [1.165, 1.54) is 23.0 Å². The van der Waals surface area contributed by atoms with Crippen molar-refractivity contribution < 1.29 is 19.4 Å². The third-order valence-corrected chi connectivity index (χ3v) is 3.73. The average molecular weight is 379 g/mol. The summed E-state index contributed by atoms with van der Waals surface area (Å²) in [4.78, 5) is 24.8. The molecule has 2 N–H and O–H groups in total. The molecule has 0 bridgehead atoms. The summed E-state index contributed by atoms with van der Waals surface area (Å²) in [7, 11) is 0. The second-order valence-electron chi connectivity index (χ2n) is 7.19. The first-order chi connectivity index (χ1) is 13.2. The molecule has 1 heterocycles. The molecule has 0 spiro atoms. The topological polar surface area (TPSA) is 93.5 Å². The van der Waals surface area contributed by atoms with Crippen LogP contribution in [0.1, 0.15) is 31.1 Å². The summed E-state index contributed by atoms with van der Waals surface area (Å²) in [6, 6.07) is 14.8. The third kappa shape index (κ3) is 4.56. The van der Waals surface area contributed by atoms with E-state index >= 15 is 0 Å². The number of aromatic hydroxyl groups is 1. The van der Waals surface area contributed by atoms with Crippen molar-refractivity contribution in [3.8, 4) is 17.0 Å². The number of ether oxygens (including phenoxy) is 1. The number of anilines is 1. The van der Waals surface area contributed by atoms with Crippen molar-refractivity contribution in [2.75, 3.05) is 5.32 Å². The number of benzene rings is 2. The Labute approximate surface area is 162 Å². The van der Waals surface area contributed by atoms with E-state index in [0.717, 1.165) is 0 Å². The molecular weight excluding hydrogens is 358 g/mol. The van der Waals surface area contributed by atoms with Crippen molar-refractivity contribution >= 4 is 17.7 Å². The maximum Gasteiger partial charge on any atom is 0.435 e. The Bertz CT molecular complexity index is 1020. The van der Waals surface area contributed by atoms with Crippen molar-refractivity contribution in [2.45, 2.75) is 26.4 Å². The number of carbonyl (C=O) groups is 2. The quantitative estimate of drug-likeness (QED) is 0.708. The number of nitrogens with one attached hydrogen (secondary N) is 1. The molecule has 0 saturated carbocycles. The maximum absolute atomic E-state index is 12.4. The lowest BCUT2D eigenvalue weighted by molar-refractivity contribution is 0.0517. The molecule has 0 radical (unpaired) electrons. The summed E-state index contributed by atoms with van der Waals surface area (Å²) in [6.45, 7) is 5.35. The fourth-order valence-electron chi connectivity index (χ4n) is 2.58. The highest BCUT2D eigenvalue weighted by Gasteiger charge is 2.21. The van der Waals surface area contributed by atoms with Crippen molar-refractivity contribution in [1.29, 1.82) is 0 Å². The predicted molar refractivity (Wildman–Crippen MR) is 105 cm³/mol. The fourth-order valence-corrected chi connectivity index (χ4v) is 2.58. The van der Waals surface area contributed by atoms with Gasteiger partial charge in [0.2, 0.25) is 0 Å². The maximum atomic E-state index is 12.4. The van der Waals surface area contributed by atoms with Gasteiger partial charge >= 0.3 is 6.09 Å². The first-order valence-corrected chi connectivity index (χ1v) is 8.71. The lowest BCUT2D eigenvalue weighted by Crippen LogP contribution is -2.28. The molecule has 0 atom stereocenters. The lowest BCUT2D eigenvalue weighted by Gasteiger charge is -2.19. The van der Waals surface area contributed by atoms with Crippen molar-refractivity contribution in [3.05, 3.63) is 66.4 Å². The second-order valence-corrected chi connectivity index (χ2v) is 7.19. The standard InChI is InChI=1S/C21H21N3O4/c1-21(2,3)28-20(27)24-18(10-11-22-24)14-6-4-8-16(12-14)23-19(26)15-7-5-9-17(25)13-15/h4-13,25H,1-3H3,(H,23,26). The van der Waals surface area contributed by atoms with E-state index < -0.39 is 11.7 Å². The lowest BCUT2D eigenvalue weighted by atomic mass is 10.1. The van der Waals surface area contributed by atoms with Crippen LogP contribution >= 0.6 is 0 Å². The minimum Gasteiger partial charge on any atom is -0.508 e. The monoisotopic (exact) mass is 379 g/mol. The van der Waals surface area contributed by atoms with E-state index in [0.29, 0.717) is 22.5 Å². The molecule has 0 aliphatic carbocycles. The average Bonchev–Trinajstić information content (AvgIpc) is 3.10. The number of rotatable bonds is 3. The van der Waals surface area contributed by atoms with Crippen LogP contribution in [0.3, 0.4) is 0 Å². The number of phenols is 1. The van der Waals surface area contributed by atoms with Gasteiger partial charge in [-0.25, -0.2) is 4.79 Å². The van der Waals surface area contributed by atoms with Crippen molar-refractivity contribution in [1.82, 2.24) is 9.78 Å². The van der Waals surface area contributed by atoms with Gasteiger partial charge in [-0.05, 0) is 57.2 Å². The normalized spacial score (nSPS) is 11.1. The summed E-state index contributed by atoms with van der Waals surface area (Å²) in [5, 5.41) is 16.4. The van der Waals surface area contributed by atoms with Gasteiger partial charge in [-0.1, -0.05) is 18.2 Å². The number of hydrogen-bond acceptors (Lipinski definition) is 5. The third-order valence-electron chi connectivity index (χ3n) is 3.73. The number of hydrogen-bond donors (Lipinski definition) is 2. The summed E-state index contributed by atoms with van der Waals surface area (Å²) in [5.74, 6) is -0.337. The van der Waals surface area contributed by atoms with E-state index in [9.17, 15) is 14.7 Å². The number of phenolic OH excluding ortho intramolecular Hbond substituents is 1. The van der Waals surface area contributed by atoms with Crippen molar-refractivity contribution in [3.63, 3.8) is 0 Å². The first kappa shape index (κ1) is 19.2. The molecule has 7 heteroatoms. The largest absolute Gasteiger partial charge is 0.508 e. The van der Waals surface area contributed by atoms with Crippen LogP contribution in [0.15, 0.2) is 60.8 Å². The van der Waals surface area contributed by atoms with E-state index in [2.05, 4.69) is 10.4 Å². The molecule has 0 unspecified atom stereocenters. The van der Waals surface area contributed by atoms with Gasteiger partial charge in [0.15, 0.2) is 0 Å². The van der Waals surface area contributed by atoms with Crippen LogP contribution in [0.4, 0.5) is 10.5 Å². The number of carbonyl (C=O) groups excluding carboxylic acids is 2. The highest BCUT2D eigenvalue weighted by molar-refractivity contribution is 6.04. The van der Waals surface area contributed by atoms with Crippen LogP contribution in [0.25, 0.3) is 11.3 Å². The van der Waals surface area contributed by atoms with Crippen molar-refractivity contribution in [2.24, 2.45) is 0 Å². The minimum atomic E-state index is -0.641. The van der Waals surface area contributed by atoms with Crippen LogP contribution in [-0.4, -0.2) is 32.5 Å². The molecule has 0 fully saturated rings. The highest BCUT2D eigenvalue weighted by Crippen LogP contribution is 2.24. The van der Waals surface area contributed by atoms with Crippen LogP contribution in [0, 0.1) is 0 Å². The van der Waals surface area contributed by atoms with Gasteiger partial charge in [-0.2, -0.15) is 9.78 Å². The van der Waals surface area contributed by atoms with E-state index in [4.69, 9.17) is 4.74 Å². The molecule has 3 rings (SSSR count). The van der Waals surface area contributed by atoms with E-state index in [-0.39, 0.29) is 11.7 Å². The van der Waals surface area contributed by atoms with Gasteiger partial charge in [0.05, 0.1) is 11.9 Å². The Hall–Kier alpha value is -3.61. The zero-order valence-corrected chi connectivity index (χ0v) is 15.8. The predicted octanol–water partition coefficient (Wildman–Crippen LogP) is 4.29. The first-order valence-electron chi connectivity index (χ1n) is 8.71. The summed E-state index contributed by atoms with van der Waals surface area (Å²) < 4.78 is 6.56. The number of aromatic nitrogens is 2. The molecule has 7 nitrogen and oxygen atoms in total. The van der Waals surface area contributed by atoms with Gasteiger partial charge in [0.1, 0.15) is 11.4 Å². The summed E-state index contributed by atoms with van der Waals surface area (Å²) in [6.07, 6.45) is 0.929. The van der Waals surface area contributed by atoms with Gasteiger partial charge in [0, 0.05) is 16.8 Å². The van der Waals surface area contributed by atoms with Gasteiger partial charge in [-0.3, -0.25) is 4.79 Å². The number of nitrogens with zero attached hydrogens (tertiary/aromatic N) is 2. The molecule has 2 aromatic carbocycles. The zero-order valence-electron chi connectivity index (χ0n) is 15.8. The van der Waals surface area contributed by atoms with Gasteiger partial charge < -0.3 is 15.2 Å². The fraction of sp³-hybridized carbons (Fsp3) is 0.190. The summed E-state index contributed by atoms with van der Waals surface area (Å²) in [5.41, 5.74) is 1.48. The molecule has 0 saturated heterocycles. The molecular formula is C21H21N3O4. The van der Waals surface area contributed by atoms with Crippen LogP contribution in [0.2, 0.25) is 0 Å². The van der Waals surface area contributed by atoms with Crippen LogP contribution in [-0.2, 0) is 4.74 Å². The van der Waals surface area contributed by atoms with Gasteiger partial charge in [0.25, 0.3) is 5.91 Å². The van der Waals surface area contributed by atoms with E-state index in [1.54, 1.807) is 57.2 Å². The molecule has 1 amide bonds. The van der Waals surface area contributed by atoms with Crippen LogP contribution < -0.4 is 5.32 Å². The Balaban J connectivity index is 1.84. The smallest absolute Gasteiger partial charge is 0.435 e. The Morgan fingerprint density at radius 1 is 1.07 bits per heavy atom. The highest BCUT2D eigenvalue weighted by atomic mass is 16.6. The molecule has 3 aromatic rings. The molecule has 1 aromatic heterocycles. The molecule has 0 aliphatic rings. The number of amides is 1. The van der Waals surface area contributed by atoms with Crippen LogP contribution in [0.5, 0.6) is 5.75 Å². The Kier molecular flexibility index (Phi) is 5.17. The molecule has 0 aliphatic heterocycles. The summed E-state index contributed by atoms with van der Waals surface area (Å²) >= 11 is 0. The van der Waals surface area contributed by atoms with E-state index in [1.807, 2.05) is 6.07 Å². The molecule has 28 heavy (non-hydrogen) atoms. The second kappa shape index (κ2) is 7.56. The zero-order chi connectivity index (χ0) is 20.3.